The minimum absolute atomic E-state index is 0.135. The summed E-state index contributed by atoms with van der Waals surface area (Å²) < 4.78 is 0. The smallest absolute Gasteiger partial charge is 0.243 e. The van der Waals surface area contributed by atoms with Gasteiger partial charge in [-0.25, -0.2) is 0 Å². The number of nitrogens with one attached hydrogen (secondary N) is 1. The second-order valence-corrected chi connectivity index (χ2v) is 12.3. The molecule has 0 aliphatic heterocycles. The summed E-state index contributed by atoms with van der Waals surface area (Å²) in [5.41, 5.74) is 2.68. The molecule has 3 aromatic carbocycles. The Hall–Kier alpha value is -1.89. The summed E-state index contributed by atoms with van der Waals surface area (Å²) in [6.07, 6.45) is 4.51. The molecule has 3 aromatic rings. The van der Waals surface area contributed by atoms with Gasteiger partial charge >= 0.3 is 0 Å². The molecule has 0 radical (unpaired) electrons. The summed E-state index contributed by atoms with van der Waals surface area (Å²) in [4.78, 5) is 29.2. The van der Waals surface area contributed by atoms with Crippen LogP contribution >= 0.6 is 58.2 Å². The number of carbonyl (C=O) groups is 2. The average Bonchev–Trinajstić information content (AvgIpc) is 3.43. The lowest BCUT2D eigenvalue weighted by molar-refractivity contribution is -0.139. The van der Waals surface area contributed by atoms with Crippen molar-refractivity contribution in [3.63, 3.8) is 0 Å². The molecule has 206 valence electrons. The molecule has 4 nitrogen and oxygen atoms in total. The Balaban J connectivity index is 1.58. The normalized spacial score (nSPS) is 14.3. The average molecular weight is 624 g/mol. The summed E-state index contributed by atoms with van der Waals surface area (Å²) in [5.74, 6) is 0.482. The minimum atomic E-state index is -0.696. The van der Waals surface area contributed by atoms with Crippen molar-refractivity contribution >= 4 is 70.0 Å². The van der Waals surface area contributed by atoms with Crippen LogP contribution in [0.3, 0.4) is 0 Å². The van der Waals surface area contributed by atoms with Crippen molar-refractivity contribution in [3.05, 3.63) is 104 Å². The maximum absolute atomic E-state index is 13.8. The van der Waals surface area contributed by atoms with E-state index in [-0.39, 0.29) is 30.2 Å². The third-order valence-corrected chi connectivity index (χ3v) is 9.12. The van der Waals surface area contributed by atoms with Crippen molar-refractivity contribution in [2.24, 2.45) is 0 Å². The van der Waals surface area contributed by atoms with Gasteiger partial charge in [-0.1, -0.05) is 102 Å². The van der Waals surface area contributed by atoms with Crippen LogP contribution in [0.1, 0.15) is 42.4 Å². The maximum atomic E-state index is 13.8. The molecule has 4 rings (SSSR count). The van der Waals surface area contributed by atoms with Gasteiger partial charge in [0.25, 0.3) is 0 Å². The van der Waals surface area contributed by atoms with Crippen LogP contribution in [0, 0.1) is 0 Å². The van der Waals surface area contributed by atoms with Crippen molar-refractivity contribution in [3.8, 4) is 0 Å². The van der Waals surface area contributed by atoms with Crippen molar-refractivity contribution in [1.82, 2.24) is 10.2 Å². The maximum Gasteiger partial charge on any atom is 0.243 e. The molecule has 1 N–H and O–H groups in total. The Morgan fingerprint density at radius 2 is 1.62 bits per heavy atom. The van der Waals surface area contributed by atoms with Crippen LogP contribution < -0.4 is 5.32 Å². The molecule has 0 spiro atoms. The molecular weight excluding hydrogens is 594 g/mol. The van der Waals surface area contributed by atoms with Crippen molar-refractivity contribution in [1.29, 1.82) is 0 Å². The van der Waals surface area contributed by atoms with Crippen LogP contribution in [0.25, 0.3) is 0 Å². The fourth-order valence-corrected chi connectivity index (χ4v) is 6.37. The third-order valence-electron chi connectivity index (χ3n) is 6.81. The molecule has 1 fully saturated rings. The van der Waals surface area contributed by atoms with Crippen molar-refractivity contribution in [2.75, 3.05) is 5.75 Å². The second kappa shape index (κ2) is 14.7. The number of nitrogens with zero attached hydrogens (tertiary/aromatic N) is 1. The fraction of sp³-hybridized carbons (Fsp3) is 0.333. The topological polar surface area (TPSA) is 49.4 Å². The number of thioether (sulfide) groups is 1. The van der Waals surface area contributed by atoms with Gasteiger partial charge in [0.15, 0.2) is 0 Å². The van der Waals surface area contributed by atoms with Crippen molar-refractivity contribution in [2.45, 2.75) is 56.5 Å². The highest BCUT2D eigenvalue weighted by molar-refractivity contribution is 7.99. The lowest BCUT2D eigenvalue weighted by atomic mass is 10.0. The highest BCUT2D eigenvalue weighted by Gasteiger charge is 2.32. The van der Waals surface area contributed by atoms with Gasteiger partial charge < -0.3 is 10.2 Å². The van der Waals surface area contributed by atoms with E-state index in [1.807, 2.05) is 42.5 Å². The molecule has 1 aliphatic rings. The zero-order valence-corrected chi connectivity index (χ0v) is 25.2. The van der Waals surface area contributed by atoms with E-state index < -0.39 is 6.04 Å². The summed E-state index contributed by atoms with van der Waals surface area (Å²) in [6.45, 7) is 0.192. The minimum Gasteiger partial charge on any atom is -0.352 e. The Kier molecular flexibility index (Phi) is 11.3. The van der Waals surface area contributed by atoms with Crippen LogP contribution in [-0.2, 0) is 28.3 Å². The monoisotopic (exact) mass is 622 g/mol. The quantitative estimate of drug-likeness (QED) is 0.234. The van der Waals surface area contributed by atoms with Crippen LogP contribution in [0.5, 0.6) is 0 Å². The summed E-state index contributed by atoms with van der Waals surface area (Å²) in [7, 11) is 0. The molecular formula is C30H30Cl4N2O2S. The van der Waals surface area contributed by atoms with E-state index in [1.54, 1.807) is 29.2 Å². The largest absolute Gasteiger partial charge is 0.352 e. The standard InChI is InChI=1S/C30H30Cl4N2O2S/c31-23-12-11-22(26(33)16-23)17-36(29(37)19-39-18-21-10-13-25(32)27(34)14-21)28(15-20-6-2-1-3-7-20)30(38)35-24-8-4-5-9-24/h1-3,6-7,10-14,16,24,28H,4-5,8-9,15,17-19H2,(H,35,38)/t28-/m1/s1. The van der Waals surface area contributed by atoms with Gasteiger partial charge in [-0.3, -0.25) is 9.59 Å². The van der Waals surface area contributed by atoms with Crippen molar-refractivity contribution < 1.29 is 9.59 Å². The first-order valence-electron chi connectivity index (χ1n) is 12.9. The van der Waals surface area contributed by atoms with E-state index in [2.05, 4.69) is 5.32 Å². The molecule has 1 aliphatic carbocycles. The van der Waals surface area contributed by atoms with Gasteiger partial charge in [0.2, 0.25) is 11.8 Å². The van der Waals surface area contributed by atoms with Gasteiger partial charge in [0.1, 0.15) is 6.04 Å². The number of carbonyl (C=O) groups excluding carboxylic acids is 2. The first kappa shape index (κ1) is 30.1. The van der Waals surface area contributed by atoms with Gasteiger partial charge in [-0.2, -0.15) is 0 Å². The molecule has 2 amide bonds. The zero-order valence-electron chi connectivity index (χ0n) is 21.3. The Labute approximate surface area is 254 Å². The summed E-state index contributed by atoms with van der Waals surface area (Å²) >= 11 is 26.3. The Morgan fingerprint density at radius 1 is 0.872 bits per heavy atom. The lowest BCUT2D eigenvalue weighted by Gasteiger charge is -2.32. The zero-order chi connectivity index (χ0) is 27.8. The molecule has 9 heteroatoms. The van der Waals surface area contributed by atoms with Crippen LogP contribution in [-0.4, -0.2) is 34.6 Å². The molecule has 39 heavy (non-hydrogen) atoms. The van der Waals surface area contributed by atoms with Gasteiger partial charge in [-0.15, -0.1) is 11.8 Å². The molecule has 0 saturated heterocycles. The number of rotatable bonds is 11. The molecule has 1 atom stereocenters. The lowest BCUT2D eigenvalue weighted by Crippen LogP contribution is -2.52. The van der Waals surface area contributed by atoms with E-state index in [4.69, 9.17) is 46.4 Å². The Bertz CT molecular complexity index is 1290. The van der Waals surface area contributed by atoms with Crippen LogP contribution in [0.2, 0.25) is 20.1 Å². The molecule has 1 saturated carbocycles. The first-order valence-corrected chi connectivity index (χ1v) is 15.6. The predicted octanol–water partition coefficient (Wildman–Crippen LogP) is 8.23. The SMILES string of the molecule is O=C(NC1CCCC1)[C@@H](Cc1ccccc1)N(Cc1ccc(Cl)cc1Cl)C(=O)CSCc1ccc(Cl)c(Cl)c1. The number of benzene rings is 3. The van der Waals surface area contributed by atoms with E-state index in [1.165, 1.54) is 11.8 Å². The van der Waals surface area contributed by atoms with Gasteiger partial charge in [0, 0.05) is 34.8 Å². The van der Waals surface area contributed by atoms with Crippen LogP contribution in [0.4, 0.5) is 0 Å². The molecule has 0 bridgehead atoms. The summed E-state index contributed by atoms with van der Waals surface area (Å²) in [6, 6.07) is 19.9. The molecule has 0 aromatic heterocycles. The van der Waals surface area contributed by atoms with E-state index in [9.17, 15) is 9.59 Å². The van der Waals surface area contributed by atoms with Gasteiger partial charge in [0.05, 0.1) is 15.8 Å². The molecule has 0 unspecified atom stereocenters. The van der Waals surface area contributed by atoms with Gasteiger partial charge in [-0.05, 0) is 53.8 Å². The number of amides is 2. The Morgan fingerprint density at radius 3 is 2.31 bits per heavy atom. The number of hydrogen-bond donors (Lipinski definition) is 1. The summed E-state index contributed by atoms with van der Waals surface area (Å²) in [5, 5.41) is 5.15. The third kappa shape index (κ3) is 8.80. The van der Waals surface area contributed by atoms with Crippen LogP contribution in [0.15, 0.2) is 66.7 Å². The van der Waals surface area contributed by atoms with E-state index >= 15 is 0 Å². The second-order valence-electron chi connectivity index (χ2n) is 9.69. The fourth-order valence-electron chi connectivity index (χ4n) is 4.72. The first-order chi connectivity index (χ1) is 18.8. The number of halogens is 4. The highest BCUT2D eigenvalue weighted by atomic mass is 35.5. The highest BCUT2D eigenvalue weighted by Crippen LogP contribution is 2.27. The van der Waals surface area contributed by atoms with E-state index in [0.717, 1.165) is 42.4 Å². The predicted molar refractivity (Wildman–Crippen MR) is 164 cm³/mol. The number of hydrogen-bond acceptors (Lipinski definition) is 3. The molecule has 0 heterocycles. The van der Waals surface area contributed by atoms with E-state index in [0.29, 0.717) is 32.3 Å².